The maximum atomic E-state index is 12.0. The molecule has 5 nitrogen and oxygen atoms in total. The fourth-order valence-corrected chi connectivity index (χ4v) is 2.37. The van der Waals surface area contributed by atoms with Gasteiger partial charge in [-0.2, -0.15) is 0 Å². The number of benzene rings is 2. The van der Waals surface area contributed by atoms with Crippen LogP contribution in [0.1, 0.15) is 10.4 Å². The zero-order valence-electron chi connectivity index (χ0n) is 12.5. The smallest absolute Gasteiger partial charge is 0.351 e. The van der Waals surface area contributed by atoms with Crippen molar-refractivity contribution in [3.05, 3.63) is 75.1 Å². The Labute approximate surface area is 145 Å². The van der Waals surface area contributed by atoms with Gasteiger partial charge in [0.15, 0.2) is 0 Å². The average Bonchev–Trinajstić information content (AvgIpc) is 2.59. The van der Waals surface area contributed by atoms with Crippen LogP contribution in [0.25, 0.3) is 11.0 Å². The van der Waals surface area contributed by atoms with Gasteiger partial charge in [0, 0.05) is 9.86 Å². The van der Waals surface area contributed by atoms with Crippen molar-refractivity contribution < 1.29 is 18.7 Å². The zero-order valence-corrected chi connectivity index (χ0v) is 14.1. The molecule has 0 saturated heterocycles. The van der Waals surface area contributed by atoms with Crippen LogP contribution < -0.4 is 10.4 Å². The summed E-state index contributed by atoms with van der Waals surface area (Å²) in [6, 6.07) is 15.7. The summed E-state index contributed by atoms with van der Waals surface area (Å²) >= 11 is 3.33. The number of esters is 1. The topological polar surface area (TPSA) is 65.7 Å². The van der Waals surface area contributed by atoms with Crippen LogP contribution in [0.3, 0.4) is 0 Å². The molecule has 0 atom stereocenters. The molecule has 0 bridgehead atoms. The molecule has 6 heteroatoms. The lowest BCUT2D eigenvalue weighted by molar-refractivity contribution is 0.0446. The third-order valence-corrected chi connectivity index (χ3v) is 3.79. The van der Waals surface area contributed by atoms with Crippen LogP contribution >= 0.6 is 15.9 Å². The summed E-state index contributed by atoms with van der Waals surface area (Å²) in [6.45, 7) is 0.216. The molecule has 1 aromatic heterocycles. The lowest BCUT2D eigenvalue weighted by Crippen LogP contribution is -2.19. The minimum absolute atomic E-state index is 0.0289. The van der Waals surface area contributed by atoms with E-state index >= 15 is 0 Å². The summed E-state index contributed by atoms with van der Waals surface area (Å²) in [4.78, 5) is 23.9. The molecule has 0 unspecified atom stereocenters. The molecule has 0 aliphatic carbocycles. The predicted molar refractivity (Wildman–Crippen MR) is 92.4 cm³/mol. The normalized spacial score (nSPS) is 10.5. The van der Waals surface area contributed by atoms with Crippen LogP contribution in [-0.2, 0) is 4.74 Å². The summed E-state index contributed by atoms with van der Waals surface area (Å²) in [7, 11) is 0. The first-order valence-electron chi connectivity index (χ1n) is 7.22. The highest BCUT2D eigenvalue weighted by molar-refractivity contribution is 9.10. The van der Waals surface area contributed by atoms with Gasteiger partial charge in [-0.1, -0.05) is 34.1 Å². The molecule has 3 aromatic rings. The van der Waals surface area contributed by atoms with E-state index in [1.807, 2.05) is 12.1 Å². The predicted octanol–water partition coefficient (Wildman–Crippen LogP) is 3.79. The Morgan fingerprint density at radius 1 is 1.04 bits per heavy atom. The largest absolute Gasteiger partial charge is 0.490 e. The minimum Gasteiger partial charge on any atom is -0.490 e. The Kier molecular flexibility index (Phi) is 4.96. The molecule has 2 aromatic carbocycles. The summed E-state index contributed by atoms with van der Waals surface area (Å²) in [5.74, 6) is -0.0617. The summed E-state index contributed by atoms with van der Waals surface area (Å²) < 4.78 is 16.6. The van der Waals surface area contributed by atoms with Crippen LogP contribution in [0, 0.1) is 0 Å². The Hall–Kier alpha value is -2.60. The number of rotatable bonds is 5. The number of hydrogen-bond acceptors (Lipinski definition) is 5. The summed E-state index contributed by atoms with van der Waals surface area (Å²) in [5, 5.41) is 0.662. The van der Waals surface area contributed by atoms with E-state index in [0.29, 0.717) is 16.7 Å². The maximum absolute atomic E-state index is 12.0. The molecular formula is C18H13BrO5. The quantitative estimate of drug-likeness (QED) is 0.377. The van der Waals surface area contributed by atoms with Gasteiger partial charge >= 0.3 is 11.6 Å². The number of hydrogen-bond donors (Lipinski definition) is 0. The first-order valence-corrected chi connectivity index (χ1v) is 8.01. The van der Waals surface area contributed by atoms with Crippen molar-refractivity contribution >= 4 is 32.9 Å². The fourth-order valence-electron chi connectivity index (χ4n) is 2.11. The van der Waals surface area contributed by atoms with E-state index in [2.05, 4.69) is 15.9 Å². The van der Waals surface area contributed by atoms with Crippen molar-refractivity contribution in [2.45, 2.75) is 0 Å². The zero-order chi connectivity index (χ0) is 16.9. The number of ether oxygens (including phenoxy) is 2. The molecule has 0 N–H and O–H groups in total. The molecule has 0 aliphatic heterocycles. The lowest BCUT2D eigenvalue weighted by atomic mass is 10.2. The van der Waals surface area contributed by atoms with Crippen molar-refractivity contribution in [1.29, 1.82) is 0 Å². The highest BCUT2D eigenvalue weighted by Gasteiger charge is 2.15. The van der Waals surface area contributed by atoms with Gasteiger partial charge in [-0.05, 0) is 36.4 Å². The molecule has 0 saturated carbocycles. The van der Waals surface area contributed by atoms with Crippen LogP contribution in [0.4, 0.5) is 0 Å². The monoisotopic (exact) mass is 388 g/mol. The van der Waals surface area contributed by atoms with Gasteiger partial charge in [-0.3, -0.25) is 0 Å². The van der Waals surface area contributed by atoms with Gasteiger partial charge in [0.2, 0.25) is 0 Å². The molecule has 0 radical (unpaired) electrons. The number of carbonyl (C=O) groups excluding carboxylic acids is 1. The number of fused-ring (bicyclic) bond motifs is 1. The van der Waals surface area contributed by atoms with E-state index in [9.17, 15) is 9.59 Å². The maximum Gasteiger partial charge on any atom is 0.351 e. The van der Waals surface area contributed by atoms with Gasteiger partial charge in [0.05, 0.1) is 0 Å². The second kappa shape index (κ2) is 7.31. The van der Waals surface area contributed by atoms with E-state index in [-0.39, 0.29) is 18.8 Å². The SMILES string of the molecule is O=C(OCCOc1ccc(Br)cc1)c1cc2ccccc2oc1=O. The Bertz CT molecular complexity index is 915. The highest BCUT2D eigenvalue weighted by Crippen LogP contribution is 2.16. The van der Waals surface area contributed by atoms with E-state index < -0.39 is 11.6 Å². The van der Waals surface area contributed by atoms with E-state index in [4.69, 9.17) is 13.9 Å². The molecule has 0 spiro atoms. The van der Waals surface area contributed by atoms with Gasteiger partial charge in [-0.15, -0.1) is 0 Å². The summed E-state index contributed by atoms with van der Waals surface area (Å²) in [6.07, 6.45) is 0. The molecule has 24 heavy (non-hydrogen) atoms. The number of para-hydroxylation sites is 1. The third kappa shape index (κ3) is 3.83. The third-order valence-electron chi connectivity index (χ3n) is 3.26. The van der Waals surface area contributed by atoms with E-state index in [1.54, 1.807) is 36.4 Å². The second-order valence-electron chi connectivity index (χ2n) is 4.92. The van der Waals surface area contributed by atoms with Crippen LogP contribution in [0.15, 0.2) is 68.3 Å². The number of halogens is 1. The van der Waals surface area contributed by atoms with Crippen molar-refractivity contribution in [3.8, 4) is 5.75 Å². The van der Waals surface area contributed by atoms with E-state index in [1.165, 1.54) is 6.07 Å². The molecule has 0 fully saturated rings. The average molecular weight is 389 g/mol. The first kappa shape index (κ1) is 16.3. The molecule has 3 rings (SSSR count). The Morgan fingerprint density at radius 3 is 2.58 bits per heavy atom. The van der Waals surface area contributed by atoms with Gasteiger partial charge in [0.25, 0.3) is 0 Å². The van der Waals surface area contributed by atoms with E-state index in [0.717, 1.165) is 4.47 Å². The molecule has 1 heterocycles. The Balaban J connectivity index is 1.60. The minimum atomic E-state index is -0.728. The standard InChI is InChI=1S/C18H13BrO5/c19-13-5-7-14(8-6-13)22-9-10-23-17(20)15-11-12-3-1-2-4-16(12)24-18(15)21/h1-8,11H,9-10H2. The second-order valence-corrected chi connectivity index (χ2v) is 5.84. The number of carbonyl (C=O) groups is 1. The molecule has 0 aliphatic rings. The van der Waals surface area contributed by atoms with Gasteiger partial charge < -0.3 is 13.9 Å². The highest BCUT2D eigenvalue weighted by atomic mass is 79.9. The molecular weight excluding hydrogens is 376 g/mol. The fraction of sp³-hybridized carbons (Fsp3) is 0.111. The van der Waals surface area contributed by atoms with Gasteiger partial charge in [-0.25, -0.2) is 9.59 Å². The van der Waals surface area contributed by atoms with Crippen molar-refractivity contribution in [2.24, 2.45) is 0 Å². The summed E-state index contributed by atoms with van der Waals surface area (Å²) in [5.41, 5.74) is -0.414. The van der Waals surface area contributed by atoms with Crippen LogP contribution in [0.5, 0.6) is 5.75 Å². The van der Waals surface area contributed by atoms with Gasteiger partial charge in [0.1, 0.15) is 30.1 Å². The van der Waals surface area contributed by atoms with Crippen molar-refractivity contribution in [2.75, 3.05) is 13.2 Å². The van der Waals surface area contributed by atoms with Crippen molar-refractivity contribution in [1.82, 2.24) is 0 Å². The van der Waals surface area contributed by atoms with Crippen molar-refractivity contribution in [3.63, 3.8) is 0 Å². The lowest BCUT2D eigenvalue weighted by Gasteiger charge is -2.07. The van der Waals surface area contributed by atoms with Crippen LogP contribution in [-0.4, -0.2) is 19.2 Å². The molecule has 0 amide bonds. The van der Waals surface area contributed by atoms with Crippen LogP contribution in [0.2, 0.25) is 0 Å². The Morgan fingerprint density at radius 2 is 1.79 bits per heavy atom. The molecule has 122 valence electrons. The first-order chi connectivity index (χ1) is 11.6.